The van der Waals surface area contributed by atoms with Crippen molar-refractivity contribution < 1.29 is 10.2 Å². The van der Waals surface area contributed by atoms with E-state index in [1.165, 1.54) is 0 Å². The number of aromatic hydroxyl groups is 2. The third kappa shape index (κ3) is 3.40. The molecule has 0 atom stereocenters. The van der Waals surface area contributed by atoms with Crippen LogP contribution in [0.5, 0.6) is 11.5 Å². The van der Waals surface area contributed by atoms with E-state index < -0.39 is 0 Å². The minimum atomic E-state index is 0.217. The molecule has 0 heterocycles. The minimum absolute atomic E-state index is 0.217. The number of phenols is 2. The van der Waals surface area contributed by atoms with E-state index in [9.17, 15) is 10.2 Å². The van der Waals surface area contributed by atoms with Crippen molar-refractivity contribution in [3.8, 4) is 11.5 Å². The van der Waals surface area contributed by atoms with E-state index in [0.29, 0.717) is 11.4 Å². The predicted octanol–water partition coefficient (Wildman–Crippen LogP) is 5.25. The highest BCUT2D eigenvalue weighted by Crippen LogP contribution is 2.34. The average Bonchev–Trinajstić information content (AvgIpc) is 2.39. The highest BCUT2D eigenvalue weighted by Gasteiger charge is 2.09. The van der Waals surface area contributed by atoms with Crippen molar-refractivity contribution in [2.24, 2.45) is 10.2 Å². The molecule has 2 aromatic carbocycles. The fourth-order valence-corrected chi connectivity index (χ4v) is 2.13. The monoisotopic (exact) mass is 284 g/mol. The number of benzene rings is 2. The molecule has 2 aromatic rings. The van der Waals surface area contributed by atoms with Gasteiger partial charge in [-0.25, -0.2) is 0 Å². The lowest BCUT2D eigenvalue weighted by Gasteiger charge is -2.10. The highest BCUT2D eigenvalue weighted by atomic mass is 16.3. The molecular weight excluding hydrogens is 264 g/mol. The number of phenolic OH excluding ortho intramolecular Hbond substituents is 2. The number of aryl methyl sites for hydroxylation is 2. The lowest BCUT2D eigenvalue weighted by atomic mass is 9.99. The molecule has 4 heteroatoms. The largest absolute Gasteiger partial charge is 0.508 e. The average molecular weight is 284 g/mol. The van der Waals surface area contributed by atoms with Gasteiger partial charge in [0.15, 0.2) is 0 Å². The second kappa shape index (κ2) is 5.95. The molecule has 2 rings (SSSR count). The molecule has 0 aliphatic rings. The van der Waals surface area contributed by atoms with Crippen molar-refractivity contribution in [3.05, 3.63) is 47.0 Å². The molecule has 0 aromatic heterocycles. The topological polar surface area (TPSA) is 65.2 Å². The Balaban J connectivity index is 2.38. The SMILES string of the molecule is Cc1cc(O)ccc1N=Nc1cc(C(C)C)c(O)cc1C. The van der Waals surface area contributed by atoms with Crippen molar-refractivity contribution in [1.82, 2.24) is 0 Å². The Bertz CT molecular complexity index is 691. The van der Waals surface area contributed by atoms with E-state index in [4.69, 9.17) is 0 Å². The van der Waals surface area contributed by atoms with Gasteiger partial charge in [-0.1, -0.05) is 13.8 Å². The van der Waals surface area contributed by atoms with Crippen molar-refractivity contribution in [2.45, 2.75) is 33.6 Å². The summed E-state index contributed by atoms with van der Waals surface area (Å²) in [6, 6.07) is 8.55. The molecule has 0 bridgehead atoms. The van der Waals surface area contributed by atoms with Crippen molar-refractivity contribution in [2.75, 3.05) is 0 Å². The van der Waals surface area contributed by atoms with Gasteiger partial charge in [0.1, 0.15) is 11.5 Å². The number of nitrogens with zero attached hydrogens (tertiary/aromatic N) is 2. The maximum atomic E-state index is 9.95. The smallest absolute Gasteiger partial charge is 0.119 e. The zero-order valence-electron chi connectivity index (χ0n) is 12.8. The third-order valence-electron chi connectivity index (χ3n) is 3.41. The highest BCUT2D eigenvalue weighted by molar-refractivity contribution is 5.55. The number of hydrogen-bond donors (Lipinski definition) is 2. The van der Waals surface area contributed by atoms with Crippen LogP contribution in [0.2, 0.25) is 0 Å². The molecule has 0 unspecified atom stereocenters. The molecule has 0 aliphatic heterocycles. The van der Waals surface area contributed by atoms with Gasteiger partial charge >= 0.3 is 0 Å². The van der Waals surface area contributed by atoms with E-state index in [1.54, 1.807) is 24.3 Å². The summed E-state index contributed by atoms with van der Waals surface area (Å²) in [5, 5.41) is 27.9. The first-order valence-corrected chi connectivity index (χ1v) is 6.93. The molecule has 0 radical (unpaired) electrons. The summed E-state index contributed by atoms with van der Waals surface area (Å²) in [6.45, 7) is 7.81. The third-order valence-corrected chi connectivity index (χ3v) is 3.41. The Labute approximate surface area is 124 Å². The summed E-state index contributed by atoms with van der Waals surface area (Å²) >= 11 is 0. The number of rotatable bonds is 3. The zero-order valence-corrected chi connectivity index (χ0v) is 12.8. The Kier molecular flexibility index (Phi) is 4.26. The molecule has 21 heavy (non-hydrogen) atoms. The van der Waals surface area contributed by atoms with Crippen LogP contribution in [0.4, 0.5) is 11.4 Å². The summed E-state index contributed by atoms with van der Waals surface area (Å²) < 4.78 is 0. The Morgan fingerprint density at radius 2 is 1.48 bits per heavy atom. The molecule has 4 nitrogen and oxygen atoms in total. The number of azo groups is 1. The lowest BCUT2D eigenvalue weighted by molar-refractivity contribution is 0.464. The van der Waals surface area contributed by atoms with Gasteiger partial charge < -0.3 is 10.2 Å². The van der Waals surface area contributed by atoms with E-state index in [-0.39, 0.29) is 11.7 Å². The summed E-state index contributed by atoms with van der Waals surface area (Å²) in [5.74, 6) is 0.728. The quantitative estimate of drug-likeness (QED) is 0.755. The van der Waals surface area contributed by atoms with E-state index in [2.05, 4.69) is 10.2 Å². The van der Waals surface area contributed by atoms with Crippen molar-refractivity contribution in [1.29, 1.82) is 0 Å². The lowest BCUT2D eigenvalue weighted by Crippen LogP contribution is -1.89. The molecule has 0 amide bonds. The molecule has 0 saturated heterocycles. The van der Waals surface area contributed by atoms with Gasteiger partial charge in [-0.3, -0.25) is 0 Å². The Morgan fingerprint density at radius 1 is 0.857 bits per heavy atom. The first-order valence-electron chi connectivity index (χ1n) is 6.93. The van der Waals surface area contributed by atoms with Gasteiger partial charge in [-0.15, -0.1) is 0 Å². The maximum absolute atomic E-state index is 9.95. The van der Waals surface area contributed by atoms with Crippen molar-refractivity contribution >= 4 is 11.4 Å². The second-order valence-corrected chi connectivity index (χ2v) is 5.52. The zero-order chi connectivity index (χ0) is 15.6. The molecular formula is C17H20N2O2. The maximum Gasteiger partial charge on any atom is 0.119 e. The van der Waals surface area contributed by atoms with E-state index in [0.717, 1.165) is 22.4 Å². The van der Waals surface area contributed by atoms with Crippen molar-refractivity contribution in [3.63, 3.8) is 0 Å². The second-order valence-electron chi connectivity index (χ2n) is 5.52. The van der Waals surface area contributed by atoms with E-state index in [1.807, 2.05) is 33.8 Å². The van der Waals surface area contributed by atoms with Crippen LogP contribution < -0.4 is 0 Å². The summed E-state index contributed by atoms with van der Waals surface area (Å²) in [4.78, 5) is 0. The van der Waals surface area contributed by atoms with Crippen LogP contribution in [0.1, 0.15) is 36.5 Å². The summed E-state index contributed by atoms with van der Waals surface area (Å²) in [6.07, 6.45) is 0. The first kappa shape index (κ1) is 15.0. The van der Waals surface area contributed by atoms with E-state index >= 15 is 0 Å². The molecule has 0 saturated carbocycles. The molecule has 0 aliphatic carbocycles. The fourth-order valence-electron chi connectivity index (χ4n) is 2.13. The van der Waals surface area contributed by atoms with Gasteiger partial charge in [0.2, 0.25) is 0 Å². The minimum Gasteiger partial charge on any atom is -0.508 e. The van der Waals surface area contributed by atoms with Gasteiger partial charge in [-0.2, -0.15) is 10.2 Å². The number of hydrogen-bond acceptors (Lipinski definition) is 4. The summed E-state index contributed by atoms with van der Waals surface area (Å²) in [7, 11) is 0. The van der Waals surface area contributed by atoms with Crippen LogP contribution in [-0.2, 0) is 0 Å². The Hall–Kier alpha value is -2.36. The van der Waals surface area contributed by atoms with Crippen LogP contribution >= 0.6 is 0 Å². The predicted molar refractivity (Wildman–Crippen MR) is 84.0 cm³/mol. The van der Waals surface area contributed by atoms with Gasteiger partial charge in [-0.05, 0) is 66.8 Å². The van der Waals surface area contributed by atoms with Gasteiger partial charge in [0, 0.05) is 0 Å². The molecule has 0 spiro atoms. The van der Waals surface area contributed by atoms with Crippen LogP contribution in [0.25, 0.3) is 0 Å². The summed E-state index contributed by atoms with van der Waals surface area (Å²) in [5.41, 5.74) is 4.05. The van der Waals surface area contributed by atoms with Gasteiger partial charge in [0.25, 0.3) is 0 Å². The fraction of sp³-hybridized carbons (Fsp3) is 0.294. The van der Waals surface area contributed by atoms with Crippen LogP contribution in [0.15, 0.2) is 40.6 Å². The normalized spacial score (nSPS) is 11.5. The first-order chi connectivity index (χ1) is 9.88. The molecule has 0 fully saturated rings. The standard InChI is InChI=1S/C17H20N2O2/c1-10(2)14-9-16(12(4)8-17(14)21)19-18-15-6-5-13(20)7-11(15)3/h5-10,20-21H,1-4H3. The molecule has 2 N–H and O–H groups in total. The van der Waals surface area contributed by atoms with Crippen LogP contribution in [-0.4, -0.2) is 10.2 Å². The van der Waals surface area contributed by atoms with Gasteiger partial charge in [0.05, 0.1) is 11.4 Å². The Morgan fingerprint density at radius 3 is 2.10 bits per heavy atom. The molecule has 110 valence electrons. The van der Waals surface area contributed by atoms with Crippen LogP contribution in [0.3, 0.4) is 0 Å². The van der Waals surface area contributed by atoms with Crippen LogP contribution in [0, 0.1) is 13.8 Å².